The minimum absolute atomic E-state index is 0.343. The van der Waals surface area contributed by atoms with Gasteiger partial charge in [-0.3, -0.25) is 0 Å². The SMILES string of the molecule is NC1c2c(Cl)cccc2SCC1O. The first-order chi connectivity index (χ1) is 6.20. The van der Waals surface area contributed by atoms with Crippen molar-refractivity contribution in [3.8, 4) is 0 Å². The molecule has 1 aromatic rings. The highest BCUT2D eigenvalue weighted by molar-refractivity contribution is 7.99. The average Bonchev–Trinajstić information content (AvgIpc) is 2.12. The van der Waals surface area contributed by atoms with Crippen LogP contribution < -0.4 is 5.73 Å². The molecule has 4 heteroatoms. The van der Waals surface area contributed by atoms with E-state index in [9.17, 15) is 5.11 Å². The first-order valence-corrected chi connectivity index (χ1v) is 5.41. The van der Waals surface area contributed by atoms with E-state index in [2.05, 4.69) is 0 Å². The highest BCUT2D eigenvalue weighted by Gasteiger charge is 2.27. The molecule has 0 fully saturated rings. The van der Waals surface area contributed by atoms with Crippen LogP contribution >= 0.6 is 23.4 Å². The molecule has 3 N–H and O–H groups in total. The van der Waals surface area contributed by atoms with Crippen LogP contribution in [-0.4, -0.2) is 17.0 Å². The van der Waals surface area contributed by atoms with Crippen molar-refractivity contribution in [1.29, 1.82) is 0 Å². The van der Waals surface area contributed by atoms with Crippen LogP contribution in [0.25, 0.3) is 0 Å². The fraction of sp³-hybridized carbons (Fsp3) is 0.333. The lowest BCUT2D eigenvalue weighted by atomic mass is 10.0. The second kappa shape index (κ2) is 3.50. The Kier molecular flexibility index (Phi) is 2.51. The van der Waals surface area contributed by atoms with Gasteiger partial charge < -0.3 is 10.8 Å². The molecule has 0 saturated heterocycles. The summed E-state index contributed by atoms with van der Waals surface area (Å²) in [5.41, 5.74) is 6.73. The van der Waals surface area contributed by atoms with Crippen molar-refractivity contribution >= 4 is 23.4 Å². The van der Waals surface area contributed by atoms with Crippen molar-refractivity contribution in [2.24, 2.45) is 5.73 Å². The van der Waals surface area contributed by atoms with Gasteiger partial charge >= 0.3 is 0 Å². The highest BCUT2D eigenvalue weighted by atomic mass is 35.5. The standard InChI is InChI=1S/C9H10ClNOS/c10-5-2-1-3-7-8(5)9(11)6(12)4-13-7/h1-3,6,9,12H,4,11H2. The Bertz CT molecular complexity index is 331. The molecule has 70 valence electrons. The van der Waals surface area contributed by atoms with Crippen LogP contribution in [-0.2, 0) is 0 Å². The summed E-state index contributed by atoms with van der Waals surface area (Å²) >= 11 is 7.60. The van der Waals surface area contributed by atoms with Gasteiger partial charge in [0.15, 0.2) is 0 Å². The second-order valence-electron chi connectivity index (χ2n) is 3.06. The molecule has 13 heavy (non-hydrogen) atoms. The maximum absolute atomic E-state index is 9.54. The zero-order valence-electron chi connectivity index (χ0n) is 6.90. The van der Waals surface area contributed by atoms with Gasteiger partial charge in [0.25, 0.3) is 0 Å². The van der Waals surface area contributed by atoms with Crippen LogP contribution in [0.2, 0.25) is 5.02 Å². The van der Waals surface area contributed by atoms with Gasteiger partial charge in [0.05, 0.1) is 12.1 Å². The largest absolute Gasteiger partial charge is 0.390 e. The van der Waals surface area contributed by atoms with Crippen molar-refractivity contribution in [1.82, 2.24) is 0 Å². The number of halogens is 1. The number of hydrogen-bond donors (Lipinski definition) is 2. The zero-order chi connectivity index (χ0) is 9.42. The van der Waals surface area contributed by atoms with Crippen LogP contribution in [0.15, 0.2) is 23.1 Å². The van der Waals surface area contributed by atoms with E-state index in [4.69, 9.17) is 17.3 Å². The summed E-state index contributed by atoms with van der Waals surface area (Å²) in [4.78, 5) is 1.09. The third-order valence-electron chi connectivity index (χ3n) is 2.17. The van der Waals surface area contributed by atoms with Crippen molar-refractivity contribution in [3.05, 3.63) is 28.8 Å². The summed E-state index contributed by atoms with van der Waals surface area (Å²) < 4.78 is 0. The molecule has 2 atom stereocenters. The molecular formula is C9H10ClNOS. The molecule has 0 saturated carbocycles. The van der Waals surface area contributed by atoms with Crippen LogP contribution in [0.4, 0.5) is 0 Å². The quantitative estimate of drug-likeness (QED) is 0.694. The zero-order valence-corrected chi connectivity index (χ0v) is 8.48. The van der Waals surface area contributed by atoms with Crippen LogP contribution in [0.3, 0.4) is 0 Å². The summed E-state index contributed by atoms with van der Waals surface area (Å²) in [6.07, 6.45) is -0.489. The fourth-order valence-electron chi connectivity index (χ4n) is 1.44. The normalized spacial score (nSPS) is 27.0. The maximum Gasteiger partial charge on any atom is 0.0827 e. The topological polar surface area (TPSA) is 46.2 Å². The molecule has 1 heterocycles. The van der Waals surface area contributed by atoms with Crippen molar-refractivity contribution < 1.29 is 5.11 Å². The van der Waals surface area contributed by atoms with Crippen LogP contribution in [0.5, 0.6) is 0 Å². The minimum Gasteiger partial charge on any atom is -0.390 e. The van der Waals surface area contributed by atoms with Gasteiger partial charge in [-0.15, -0.1) is 11.8 Å². The molecular weight excluding hydrogens is 206 g/mol. The van der Waals surface area contributed by atoms with Gasteiger partial charge in [0, 0.05) is 21.2 Å². The molecule has 1 aliphatic rings. The Morgan fingerprint density at radius 2 is 2.31 bits per heavy atom. The molecule has 0 bridgehead atoms. The summed E-state index contributed by atoms with van der Waals surface area (Å²) in [6.45, 7) is 0. The molecule has 2 rings (SSSR count). The Morgan fingerprint density at radius 1 is 1.54 bits per heavy atom. The lowest BCUT2D eigenvalue weighted by Gasteiger charge is -2.27. The summed E-state index contributed by atoms with van der Waals surface area (Å²) in [5.74, 6) is 0.647. The van der Waals surface area contributed by atoms with Gasteiger partial charge in [-0.1, -0.05) is 17.7 Å². The van der Waals surface area contributed by atoms with E-state index >= 15 is 0 Å². The van der Waals surface area contributed by atoms with Gasteiger partial charge in [-0.05, 0) is 12.1 Å². The number of thioether (sulfide) groups is 1. The van der Waals surface area contributed by atoms with E-state index < -0.39 is 6.10 Å². The third-order valence-corrected chi connectivity index (χ3v) is 3.68. The van der Waals surface area contributed by atoms with Crippen molar-refractivity contribution in [3.63, 3.8) is 0 Å². The fourth-order valence-corrected chi connectivity index (χ4v) is 2.93. The predicted octanol–water partition coefficient (Wildman–Crippen LogP) is 1.81. The van der Waals surface area contributed by atoms with Gasteiger partial charge in [-0.25, -0.2) is 0 Å². The van der Waals surface area contributed by atoms with E-state index in [-0.39, 0.29) is 6.04 Å². The minimum atomic E-state index is -0.489. The van der Waals surface area contributed by atoms with E-state index in [0.29, 0.717) is 10.8 Å². The molecule has 0 spiro atoms. The number of aliphatic hydroxyl groups excluding tert-OH is 1. The Hall–Kier alpha value is -0.220. The van der Waals surface area contributed by atoms with Gasteiger partial charge in [-0.2, -0.15) is 0 Å². The van der Waals surface area contributed by atoms with Gasteiger partial charge in [0.2, 0.25) is 0 Å². The first kappa shape index (κ1) is 9.34. The van der Waals surface area contributed by atoms with Gasteiger partial charge in [0.1, 0.15) is 0 Å². The maximum atomic E-state index is 9.54. The number of aliphatic hydroxyl groups is 1. The first-order valence-electron chi connectivity index (χ1n) is 4.05. The third kappa shape index (κ3) is 1.57. The summed E-state index contributed by atoms with van der Waals surface area (Å²) in [5, 5.41) is 10.2. The van der Waals surface area contributed by atoms with E-state index in [1.165, 1.54) is 0 Å². The van der Waals surface area contributed by atoms with E-state index in [0.717, 1.165) is 10.5 Å². The molecule has 0 aromatic heterocycles. The molecule has 0 aliphatic carbocycles. The Labute approximate surface area is 86.1 Å². The Balaban J connectivity index is 2.51. The van der Waals surface area contributed by atoms with E-state index in [1.807, 2.05) is 12.1 Å². The van der Waals surface area contributed by atoms with Crippen molar-refractivity contribution in [2.75, 3.05) is 5.75 Å². The molecule has 2 nitrogen and oxygen atoms in total. The smallest absolute Gasteiger partial charge is 0.0827 e. The molecule has 1 aromatic carbocycles. The monoisotopic (exact) mass is 215 g/mol. The number of fused-ring (bicyclic) bond motifs is 1. The van der Waals surface area contributed by atoms with Crippen molar-refractivity contribution in [2.45, 2.75) is 17.0 Å². The second-order valence-corrected chi connectivity index (χ2v) is 4.52. The number of nitrogens with two attached hydrogens (primary N) is 1. The Morgan fingerprint density at radius 3 is 3.08 bits per heavy atom. The van der Waals surface area contributed by atoms with E-state index in [1.54, 1.807) is 17.8 Å². The molecule has 0 amide bonds. The highest BCUT2D eigenvalue weighted by Crippen LogP contribution is 2.38. The molecule has 1 aliphatic heterocycles. The lowest BCUT2D eigenvalue weighted by molar-refractivity contribution is 0.165. The number of benzene rings is 1. The lowest BCUT2D eigenvalue weighted by Crippen LogP contribution is -2.31. The number of hydrogen-bond acceptors (Lipinski definition) is 3. The predicted molar refractivity (Wildman–Crippen MR) is 55.1 cm³/mol. The summed E-state index contributed by atoms with van der Waals surface area (Å²) in [7, 11) is 0. The van der Waals surface area contributed by atoms with Crippen LogP contribution in [0.1, 0.15) is 11.6 Å². The summed E-state index contributed by atoms with van der Waals surface area (Å²) in [6, 6.07) is 5.35. The van der Waals surface area contributed by atoms with Crippen LogP contribution in [0, 0.1) is 0 Å². The average molecular weight is 216 g/mol. The molecule has 0 radical (unpaired) electrons. The number of rotatable bonds is 0. The molecule has 2 unspecified atom stereocenters.